The van der Waals surface area contributed by atoms with E-state index in [2.05, 4.69) is 24.1 Å². The summed E-state index contributed by atoms with van der Waals surface area (Å²) in [4.78, 5) is 2.58. The molecule has 96 valence electrons. The minimum Gasteiger partial charge on any atom is -0.381 e. The third-order valence-corrected chi connectivity index (χ3v) is 3.53. The SMILES string of the molecule is CCNC(C)CCCN1CCC(OC)CC1. The van der Waals surface area contributed by atoms with Crippen LogP contribution in [0.15, 0.2) is 0 Å². The van der Waals surface area contributed by atoms with Crippen LogP contribution in [-0.2, 0) is 4.74 Å². The second kappa shape index (κ2) is 8.04. The maximum absolute atomic E-state index is 5.38. The van der Waals surface area contributed by atoms with Crippen LogP contribution in [0.25, 0.3) is 0 Å². The number of ether oxygens (including phenoxy) is 1. The summed E-state index contributed by atoms with van der Waals surface area (Å²) < 4.78 is 5.38. The van der Waals surface area contributed by atoms with E-state index in [1.807, 2.05) is 7.11 Å². The molecule has 1 atom stereocenters. The molecule has 0 aromatic heterocycles. The van der Waals surface area contributed by atoms with Crippen molar-refractivity contribution in [3.63, 3.8) is 0 Å². The van der Waals surface area contributed by atoms with Crippen molar-refractivity contribution in [3.8, 4) is 0 Å². The molecule has 1 rings (SSSR count). The van der Waals surface area contributed by atoms with Gasteiger partial charge in [-0.3, -0.25) is 0 Å². The molecule has 16 heavy (non-hydrogen) atoms. The van der Waals surface area contributed by atoms with Gasteiger partial charge in [-0.2, -0.15) is 0 Å². The average Bonchev–Trinajstić information content (AvgIpc) is 2.30. The summed E-state index contributed by atoms with van der Waals surface area (Å²) in [5, 5.41) is 3.46. The molecule has 1 aliphatic heterocycles. The van der Waals surface area contributed by atoms with Crippen molar-refractivity contribution in [2.24, 2.45) is 0 Å². The van der Waals surface area contributed by atoms with E-state index in [0.29, 0.717) is 12.1 Å². The van der Waals surface area contributed by atoms with Crippen molar-refractivity contribution < 1.29 is 4.74 Å². The molecule has 0 aliphatic carbocycles. The van der Waals surface area contributed by atoms with Gasteiger partial charge >= 0.3 is 0 Å². The van der Waals surface area contributed by atoms with E-state index in [1.54, 1.807) is 0 Å². The summed E-state index contributed by atoms with van der Waals surface area (Å²) in [5.41, 5.74) is 0. The van der Waals surface area contributed by atoms with Crippen molar-refractivity contribution in [1.82, 2.24) is 10.2 Å². The third kappa shape index (κ3) is 5.28. The van der Waals surface area contributed by atoms with Crippen LogP contribution in [-0.4, -0.2) is 50.3 Å². The summed E-state index contributed by atoms with van der Waals surface area (Å²) in [7, 11) is 1.83. The minimum absolute atomic E-state index is 0.511. The largest absolute Gasteiger partial charge is 0.381 e. The van der Waals surface area contributed by atoms with Gasteiger partial charge in [0, 0.05) is 26.2 Å². The van der Waals surface area contributed by atoms with Gasteiger partial charge in [0.05, 0.1) is 6.10 Å². The number of hydrogen-bond acceptors (Lipinski definition) is 3. The van der Waals surface area contributed by atoms with Crippen LogP contribution < -0.4 is 5.32 Å². The third-order valence-electron chi connectivity index (χ3n) is 3.53. The zero-order chi connectivity index (χ0) is 11.8. The Morgan fingerprint density at radius 1 is 1.38 bits per heavy atom. The topological polar surface area (TPSA) is 24.5 Å². The zero-order valence-corrected chi connectivity index (χ0v) is 11.2. The van der Waals surface area contributed by atoms with E-state index in [1.165, 1.54) is 45.3 Å². The molecule has 0 aromatic rings. The Labute approximate surface area is 101 Å². The van der Waals surface area contributed by atoms with Crippen LogP contribution in [0.5, 0.6) is 0 Å². The Hall–Kier alpha value is -0.120. The van der Waals surface area contributed by atoms with Gasteiger partial charge in [-0.05, 0) is 45.7 Å². The van der Waals surface area contributed by atoms with Crippen LogP contribution in [0.3, 0.4) is 0 Å². The van der Waals surface area contributed by atoms with Gasteiger partial charge in [0.25, 0.3) is 0 Å². The molecule has 3 nitrogen and oxygen atoms in total. The van der Waals surface area contributed by atoms with Crippen LogP contribution in [0, 0.1) is 0 Å². The normalized spacial score (nSPS) is 21.2. The second-order valence-electron chi connectivity index (χ2n) is 4.88. The molecule has 0 bridgehead atoms. The maximum Gasteiger partial charge on any atom is 0.0595 e. The fraction of sp³-hybridized carbons (Fsp3) is 1.00. The lowest BCUT2D eigenvalue weighted by molar-refractivity contribution is 0.0405. The number of methoxy groups -OCH3 is 1. The molecular formula is C13H28N2O. The highest BCUT2D eigenvalue weighted by molar-refractivity contribution is 4.72. The predicted molar refractivity (Wildman–Crippen MR) is 68.8 cm³/mol. The Morgan fingerprint density at radius 2 is 2.06 bits per heavy atom. The standard InChI is InChI=1S/C13H28N2O/c1-4-14-12(2)6-5-9-15-10-7-13(16-3)8-11-15/h12-14H,4-11H2,1-3H3. The highest BCUT2D eigenvalue weighted by Crippen LogP contribution is 2.13. The van der Waals surface area contributed by atoms with Gasteiger partial charge in [-0.15, -0.1) is 0 Å². The van der Waals surface area contributed by atoms with Crippen molar-refractivity contribution in [3.05, 3.63) is 0 Å². The van der Waals surface area contributed by atoms with E-state index in [9.17, 15) is 0 Å². The fourth-order valence-electron chi connectivity index (χ4n) is 2.44. The Kier molecular flexibility index (Phi) is 7.01. The lowest BCUT2D eigenvalue weighted by atomic mass is 10.1. The average molecular weight is 228 g/mol. The Morgan fingerprint density at radius 3 is 2.62 bits per heavy atom. The van der Waals surface area contributed by atoms with E-state index >= 15 is 0 Å². The molecule has 0 spiro atoms. The van der Waals surface area contributed by atoms with Crippen LogP contribution in [0.4, 0.5) is 0 Å². The predicted octanol–water partition coefficient (Wildman–Crippen LogP) is 1.88. The highest BCUT2D eigenvalue weighted by atomic mass is 16.5. The smallest absolute Gasteiger partial charge is 0.0595 e. The minimum atomic E-state index is 0.511. The van der Waals surface area contributed by atoms with Gasteiger partial charge in [0.1, 0.15) is 0 Å². The number of nitrogens with one attached hydrogen (secondary N) is 1. The number of piperidine rings is 1. The quantitative estimate of drug-likeness (QED) is 0.720. The van der Waals surface area contributed by atoms with Crippen LogP contribution in [0.2, 0.25) is 0 Å². The molecule has 1 heterocycles. The van der Waals surface area contributed by atoms with Crippen molar-refractivity contribution in [1.29, 1.82) is 0 Å². The molecule has 1 aliphatic rings. The molecule has 0 saturated carbocycles. The van der Waals surface area contributed by atoms with Crippen LogP contribution in [0.1, 0.15) is 39.5 Å². The molecule has 1 N–H and O–H groups in total. The second-order valence-corrected chi connectivity index (χ2v) is 4.88. The first-order valence-corrected chi connectivity index (χ1v) is 6.74. The number of hydrogen-bond donors (Lipinski definition) is 1. The Balaban J connectivity index is 2.02. The van der Waals surface area contributed by atoms with Crippen molar-refractivity contribution in [2.75, 3.05) is 33.3 Å². The first kappa shape index (κ1) is 13.9. The lowest BCUT2D eigenvalue weighted by Gasteiger charge is -2.31. The van der Waals surface area contributed by atoms with Crippen molar-refractivity contribution in [2.45, 2.75) is 51.7 Å². The van der Waals surface area contributed by atoms with E-state index < -0.39 is 0 Å². The highest BCUT2D eigenvalue weighted by Gasteiger charge is 2.17. The van der Waals surface area contributed by atoms with Gasteiger partial charge in [0.15, 0.2) is 0 Å². The maximum atomic E-state index is 5.38. The molecule has 0 amide bonds. The molecule has 1 saturated heterocycles. The lowest BCUT2D eigenvalue weighted by Crippen LogP contribution is -2.37. The number of likely N-dealkylation sites (tertiary alicyclic amines) is 1. The fourth-order valence-corrected chi connectivity index (χ4v) is 2.44. The van der Waals surface area contributed by atoms with E-state index in [0.717, 1.165) is 6.54 Å². The first-order valence-electron chi connectivity index (χ1n) is 6.74. The molecular weight excluding hydrogens is 200 g/mol. The molecule has 3 heteroatoms. The van der Waals surface area contributed by atoms with Gasteiger partial charge in [-0.25, -0.2) is 0 Å². The van der Waals surface area contributed by atoms with Gasteiger partial charge in [0.2, 0.25) is 0 Å². The molecule has 0 aromatic carbocycles. The number of nitrogens with zero attached hydrogens (tertiary/aromatic N) is 1. The summed E-state index contributed by atoms with van der Waals surface area (Å²) in [5.74, 6) is 0. The van der Waals surface area contributed by atoms with E-state index in [4.69, 9.17) is 4.74 Å². The summed E-state index contributed by atoms with van der Waals surface area (Å²) >= 11 is 0. The summed E-state index contributed by atoms with van der Waals surface area (Å²) in [6, 6.07) is 0.668. The van der Waals surface area contributed by atoms with Crippen molar-refractivity contribution >= 4 is 0 Å². The molecule has 1 fully saturated rings. The first-order chi connectivity index (χ1) is 7.76. The summed E-state index contributed by atoms with van der Waals surface area (Å²) in [6.07, 6.45) is 5.53. The number of rotatable bonds is 7. The monoisotopic (exact) mass is 228 g/mol. The Bertz CT molecular complexity index is 167. The molecule has 0 radical (unpaired) electrons. The molecule has 1 unspecified atom stereocenters. The van der Waals surface area contributed by atoms with E-state index in [-0.39, 0.29) is 0 Å². The van der Waals surface area contributed by atoms with Crippen LogP contribution >= 0.6 is 0 Å². The zero-order valence-electron chi connectivity index (χ0n) is 11.2. The summed E-state index contributed by atoms with van der Waals surface area (Å²) in [6.45, 7) is 9.22. The van der Waals surface area contributed by atoms with Gasteiger partial charge in [-0.1, -0.05) is 6.92 Å². The van der Waals surface area contributed by atoms with Gasteiger partial charge < -0.3 is 15.0 Å².